The maximum atomic E-state index is 10.4. The second kappa shape index (κ2) is 4.39. The Balaban J connectivity index is 2.17. The average molecular weight is 229 g/mol. The van der Waals surface area contributed by atoms with Crippen LogP contribution in [0.25, 0.3) is 0 Å². The van der Waals surface area contributed by atoms with Crippen LogP contribution >= 0.6 is 0 Å². The molecule has 0 unspecified atom stereocenters. The number of carbonyl (C=O) groups is 2. The van der Waals surface area contributed by atoms with Crippen molar-refractivity contribution in [1.29, 1.82) is 0 Å². The quantitative estimate of drug-likeness (QED) is 0.627. The van der Waals surface area contributed by atoms with Crippen molar-refractivity contribution in [2.24, 2.45) is 11.8 Å². The molecule has 2 fully saturated rings. The third kappa shape index (κ3) is 1.58. The fraction of sp³-hybridized carbons (Fsp3) is 0.800. The maximum Gasteiger partial charge on any atom is 0.294 e. The molecule has 0 saturated carbocycles. The first-order chi connectivity index (χ1) is 7.74. The second-order valence-electron chi connectivity index (χ2n) is 4.28. The molecule has 0 aromatic heterocycles. The van der Waals surface area contributed by atoms with Crippen molar-refractivity contribution in [2.75, 3.05) is 19.8 Å². The first-order valence-electron chi connectivity index (χ1n) is 5.26. The van der Waals surface area contributed by atoms with Crippen LogP contribution in [0.2, 0.25) is 0 Å². The summed E-state index contributed by atoms with van der Waals surface area (Å²) in [6.07, 6.45) is -0.542. The molecule has 0 aromatic carbocycles. The topological polar surface area (TPSA) is 73.9 Å². The lowest BCUT2D eigenvalue weighted by Crippen LogP contribution is -2.50. The zero-order valence-electron chi connectivity index (χ0n) is 9.05. The van der Waals surface area contributed by atoms with E-state index in [2.05, 4.69) is 12.2 Å². The molecule has 2 heterocycles. The highest BCUT2D eigenvalue weighted by molar-refractivity contribution is 5.39. The predicted molar refractivity (Wildman–Crippen MR) is 52.3 cm³/mol. The van der Waals surface area contributed by atoms with Gasteiger partial charge in [0.25, 0.3) is 12.9 Å². The molecular weight excluding hydrogens is 214 g/mol. The van der Waals surface area contributed by atoms with E-state index in [4.69, 9.17) is 14.2 Å². The molecule has 16 heavy (non-hydrogen) atoms. The van der Waals surface area contributed by atoms with E-state index in [9.17, 15) is 9.59 Å². The molecule has 2 saturated heterocycles. The molecule has 0 radical (unpaired) electrons. The van der Waals surface area contributed by atoms with Crippen LogP contribution in [0.3, 0.4) is 0 Å². The molecule has 90 valence electrons. The van der Waals surface area contributed by atoms with Crippen LogP contribution < -0.4 is 5.32 Å². The normalized spacial score (nSPS) is 41.4. The summed E-state index contributed by atoms with van der Waals surface area (Å²) in [6, 6.07) is 0. The molecule has 0 aromatic rings. The minimum atomic E-state index is -0.721. The van der Waals surface area contributed by atoms with Gasteiger partial charge < -0.3 is 14.2 Å². The largest absolute Gasteiger partial charge is 0.465 e. The third-order valence-electron chi connectivity index (χ3n) is 3.47. The fourth-order valence-corrected chi connectivity index (χ4v) is 2.65. The lowest BCUT2D eigenvalue weighted by atomic mass is 9.84. The Labute approximate surface area is 93.2 Å². The van der Waals surface area contributed by atoms with Gasteiger partial charge in [0, 0.05) is 12.5 Å². The van der Waals surface area contributed by atoms with E-state index < -0.39 is 11.8 Å². The van der Waals surface area contributed by atoms with Gasteiger partial charge in [0.15, 0.2) is 11.8 Å². The number of ether oxygens (including phenoxy) is 3. The Hall–Kier alpha value is -1.14. The van der Waals surface area contributed by atoms with Crippen molar-refractivity contribution in [1.82, 2.24) is 5.32 Å². The van der Waals surface area contributed by atoms with Crippen molar-refractivity contribution in [3.05, 3.63) is 0 Å². The monoisotopic (exact) mass is 229 g/mol. The van der Waals surface area contributed by atoms with E-state index in [1.54, 1.807) is 0 Å². The van der Waals surface area contributed by atoms with E-state index in [-0.39, 0.29) is 12.5 Å². The Bertz CT molecular complexity index is 284. The van der Waals surface area contributed by atoms with Gasteiger partial charge in [-0.3, -0.25) is 14.9 Å². The van der Waals surface area contributed by atoms with Crippen LogP contribution in [0, 0.1) is 11.8 Å². The van der Waals surface area contributed by atoms with Gasteiger partial charge in [-0.15, -0.1) is 0 Å². The first kappa shape index (κ1) is 11.3. The third-order valence-corrected chi connectivity index (χ3v) is 3.47. The molecule has 4 atom stereocenters. The summed E-state index contributed by atoms with van der Waals surface area (Å²) in [6.45, 7) is 4.23. The maximum absolute atomic E-state index is 10.4. The van der Waals surface area contributed by atoms with E-state index in [0.29, 0.717) is 32.0 Å². The first-order valence-corrected chi connectivity index (χ1v) is 5.26. The summed E-state index contributed by atoms with van der Waals surface area (Å²) < 4.78 is 15.5. The molecular formula is C10H15NO5. The van der Waals surface area contributed by atoms with Crippen LogP contribution in [0.5, 0.6) is 0 Å². The number of hydrogen-bond donors (Lipinski definition) is 1. The fourth-order valence-electron chi connectivity index (χ4n) is 2.65. The van der Waals surface area contributed by atoms with Crippen molar-refractivity contribution in [3.63, 3.8) is 0 Å². The summed E-state index contributed by atoms with van der Waals surface area (Å²) in [5.74, 6) is 0.542. The van der Waals surface area contributed by atoms with Gasteiger partial charge in [-0.25, -0.2) is 0 Å². The highest BCUT2D eigenvalue weighted by atomic mass is 16.6. The van der Waals surface area contributed by atoms with Crippen molar-refractivity contribution in [2.45, 2.75) is 18.8 Å². The summed E-state index contributed by atoms with van der Waals surface area (Å²) in [5.41, 5.74) is -0.721. The van der Waals surface area contributed by atoms with Gasteiger partial charge in [-0.1, -0.05) is 6.92 Å². The van der Waals surface area contributed by atoms with Crippen molar-refractivity contribution in [3.8, 4) is 0 Å². The second-order valence-corrected chi connectivity index (χ2v) is 4.28. The zero-order chi connectivity index (χ0) is 11.6. The average Bonchev–Trinajstić information content (AvgIpc) is 2.78. The van der Waals surface area contributed by atoms with Crippen LogP contribution in [0.1, 0.15) is 6.92 Å². The van der Waals surface area contributed by atoms with Crippen molar-refractivity contribution < 1.29 is 23.8 Å². The van der Waals surface area contributed by atoms with Gasteiger partial charge in [0.2, 0.25) is 0 Å². The minimum absolute atomic E-state index is 0.108. The Morgan fingerprint density at radius 2 is 2.31 bits per heavy atom. The minimum Gasteiger partial charge on any atom is -0.465 e. The van der Waals surface area contributed by atoms with Crippen LogP contribution in [0.15, 0.2) is 0 Å². The molecule has 0 amide bonds. The molecule has 6 heteroatoms. The molecule has 1 N–H and O–H groups in total. The number of hydrogen-bond acceptors (Lipinski definition) is 6. The van der Waals surface area contributed by atoms with Gasteiger partial charge in [-0.05, 0) is 5.92 Å². The standard InChI is InChI=1S/C10H15NO5/c1-7-3-16-10(4-14-5-12)8(7)2-11-9(10)15-6-13/h5-9,11H,2-4H2,1H3/t7-,8-,9-,10+/m0/s1. The number of fused-ring (bicyclic) bond motifs is 1. The van der Waals surface area contributed by atoms with E-state index in [0.717, 1.165) is 0 Å². The molecule has 2 aliphatic heterocycles. The Morgan fingerprint density at radius 3 is 3.00 bits per heavy atom. The van der Waals surface area contributed by atoms with E-state index in [1.165, 1.54) is 0 Å². The molecule has 2 aliphatic rings. The van der Waals surface area contributed by atoms with Gasteiger partial charge in [0.1, 0.15) is 6.61 Å². The molecule has 2 rings (SSSR count). The predicted octanol–water partition coefficient (Wildman–Crippen LogP) is -0.717. The van der Waals surface area contributed by atoms with E-state index in [1.807, 2.05) is 0 Å². The Kier molecular flexibility index (Phi) is 3.11. The summed E-state index contributed by atoms with van der Waals surface area (Å²) in [5, 5.41) is 3.07. The molecule has 6 nitrogen and oxygen atoms in total. The smallest absolute Gasteiger partial charge is 0.294 e. The number of rotatable bonds is 5. The van der Waals surface area contributed by atoms with Crippen LogP contribution in [-0.2, 0) is 23.8 Å². The highest BCUT2D eigenvalue weighted by Crippen LogP contribution is 2.42. The lowest BCUT2D eigenvalue weighted by Gasteiger charge is -2.31. The molecule has 0 aliphatic carbocycles. The lowest BCUT2D eigenvalue weighted by molar-refractivity contribution is -0.167. The highest BCUT2D eigenvalue weighted by Gasteiger charge is 2.59. The van der Waals surface area contributed by atoms with Gasteiger partial charge in [0.05, 0.1) is 6.61 Å². The van der Waals surface area contributed by atoms with Gasteiger partial charge in [-0.2, -0.15) is 0 Å². The Morgan fingerprint density at radius 1 is 1.50 bits per heavy atom. The number of nitrogens with one attached hydrogen (secondary N) is 1. The van der Waals surface area contributed by atoms with Crippen LogP contribution in [-0.4, -0.2) is 44.5 Å². The summed E-state index contributed by atoms with van der Waals surface area (Å²) in [4.78, 5) is 20.7. The van der Waals surface area contributed by atoms with Crippen LogP contribution in [0.4, 0.5) is 0 Å². The molecule has 0 spiro atoms. The summed E-state index contributed by atoms with van der Waals surface area (Å²) >= 11 is 0. The number of carbonyl (C=O) groups excluding carboxylic acids is 2. The van der Waals surface area contributed by atoms with Crippen molar-refractivity contribution >= 4 is 12.9 Å². The van der Waals surface area contributed by atoms with E-state index >= 15 is 0 Å². The zero-order valence-corrected chi connectivity index (χ0v) is 9.05. The summed E-state index contributed by atoms with van der Waals surface area (Å²) in [7, 11) is 0. The van der Waals surface area contributed by atoms with Gasteiger partial charge >= 0.3 is 0 Å². The SMILES string of the molecule is C[C@H]1CO[C@@]2(COC=O)[C@H](OC=O)NC[C@@H]12. The molecule has 0 bridgehead atoms.